The summed E-state index contributed by atoms with van der Waals surface area (Å²) in [5.74, 6) is 0.606. The van der Waals surface area contributed by atoms with Crippen LogP contribution in [0.25, 0.3) is 0 Å². The fourth-order valence-corrected chi connectivity index (χ4v) is 3.41. The molecule has 1 aromatic rings. The number of nitrogens with zero attached hydrogens (tertiary/aromatic N) is 3. The lowest BCUT2D eigenvalue weighted by atomic mass is 10.1. The Kier molecular flexibility index (Phi) is 3.99. The maximum atomic E-state index is 12.4. The molecule has 0 aromatic carbocycles. The first kappa shape index (κ1) is 14.2. The Labute approximate surface area is 125 Å². The number of carbonyl (C=O) groups excluding carboxylic acids is 2. The van der Waals surface area contributed by atoms with Crippen LogP contribution in [0.15, 0.2) is 18.3 Å². The molecular formula is C16H23N3O2. The molecule has 1 aromatic heterocycles. The lowest BCUT2D eigenvalue weighted by Gasteiger charge is -2.36. The van der Waals surface area contributed by atoms with E-state index in [1.165, 1.54) is 12.8 Å². The Morgan fingerprint density at radius 3 is 2.24 bits per heavy atom. The number of carbonyl (C=O) groups is 2. The largest absolute Gasteiger partial charge is 0.347 e. The zero-order valence-electron chi connectivity index (χ0n) is 12.6. The maximum Gasteiger partial charge on any atom is 0.270 e. The fourth-order valence-electron chi connectivity index (χ4n) is 3.41. The van der Waals surface area contributed by atoms with E-state index in [0.717, 1.165) is 12.8 Å². The lowest BCUT2D eigenvalue weighted by Crippen LogP contribution is -2.52. The van der Waals surface area contributed by atoms with Gasteiger partial charge in [0.05, 0.1) is 0 Å². The summed E-state index contributed by atoms with van der Waals surface area (Å²) in [6.45, 7) is 2.63. The Bertz CT molecular complexity index is 523. The minimum Gasteiger partial charge on any atom is -0.347 e. The third-order valence-corrected chi connectivity index (χ3v) is 4.75. The highest BCUT2D eigenvalue weighted by Gasteiger charge is 2.30. The van der Waals surface area contributed by atoms with Gasteiger partial charge < -0.3 is 14.4 Å². The zero-order valence-corrected chi connectivity index (χ0v) is 12.6. The van der Waals surface area contributed by atoms with Crippen LogP contribution >= 0.6 is 0 Å². The molecule has 1 aliphatic heterocycles. The zero-order chi connectivity index (χ0) is 14.8. The van der Waals surface area contributed by atoms with E-state index in [4.69, 9.17) is 0 Å². The van der Waals surface area contributed by atoms with Gasteiger partial charge in [-0.05, 0) is 25.0 Å². The molecule has 5 heteroatoms. The third-order valence-electron chi connectivity index (χ3n) is 4.75. The van der Waals surface area contributed by atoms with Crippen LogP contribution in [0.4, 0.5) is 0 Å². The molecule has 114 valence electrons. The second kappa shape index (κ2) is 5.92. The van der Waals surface area contributed by atoms with Crippen LogP contribution in [-0.2, 0) is 11.8 Å². The second-order valence-electron chi connectivity index (χ2n) is 6.10. The SMILES string of the molecule is Cn1cccc1C(=O)N1CCN(C(=O)C2CCCC2)CC1. The van der Waals surface area contributed by atoms with Crippen molar-refractivity contribution >= 4 is 11.8 Å². The minimum atomic E-state index is 0.0652. The van der Waals surface area contributed by atoms with Crippen LogP contribution in [0.1, 0.15) is 36.2 Å². The molecule has 3 rings (SSSR count). The summed E-state index contributed by atoms with van der Waals surface area (Å²) in [4.78, 5) is 28.6. The Balaban J connectivity index is 1.56. The third kappa shape index (κ3) is 2.82. The van der Waals surface area contributed by atoms with E-state index in [1.54, 1.807) is 0 Å². The Morgan fingerprint density at radius 1 is 1.05 bits per heavy atom. The van der Waals surface area contributed by atoms with Crippen molar-refractivity contribution in [2.75, 3.05) is 26.2 Å². The predicted molar refractivity (Wildman–Crippen MR) is 79.9 cm³/mol. The van der Waals surface area contributed by atoms with E-state index in [-0.39, 0.29) is 11.8 Å². The summed E-state index contributed by atoms with van der Waals surface area (Å²) in [6.07, 6.45) is 6.33. The quantitative estimate of drug-likeness (QED) is 0.828. The van der Waals surface area contributed by atoms with Gasteiger partial charge in [-0.1, -0.05) is 12.8 Å². The number of piperazine rings is 1. The molecule has 0 atom stereocenters. The van der Waals surface area contributed by atoms with Crippen molar-refractivity contribution in [2.45, 2.75) is 25.7 Å². The van der Waals surface area contributed by atoms with E-state index < -0.39 is 0 Å². The standard InChI is InChI=1S/C16H23N3O2/c1-17-8-4-7-14(17)16(21)19-11-9-18(10-12-19)15(20)13-5-2-3-6-13/h4,7-8,13H,2-3,5-6,9-12H2,1H3. The fraction of sp³-hybridized carbons (Fsp3) is 0.625. The van der Waals surface area contributed by atoms with Crippen molar-refractivity contribution in [2.24, 2.45) is 13.0 Å². The van der Waals surface area contributed by atoms with E-state index in [0.29, 0.717) is 37.8 Å². The molecule has 0 unspecified atom stereocenters. The van der Waals surface area contributed by atoms with Crippen LogP contribution < -0.4 is 0 Å². The number of hydrogen-bond acceptors (Lipinski definition) is 2. The van der Waals surface area contributed by atoms with Gasteiger partial charge in [0.15, 0.2) is 0 Å². The maximum absolute atomic E-state index is 12.4. The van der Waals surface area contributed by atoms with Crippen LogP contribution in [0.5, 0.6) is 0 Å². The lowest BCUT2D eigenvalue weighted by molar-refractivity contribution is -0.136. The number of hydrogen-bond donors (Lipinski definition) is 0. The van der Waals surface area contributed by atoms with E-state index in [2.05, 4.69) is 0 Å². The van der Waals surface area contributed by atoms with Crippen molar-refractivity contribution in [3.05, 3.63) is 24.0 Å². The number of aromatic nitrogens is 1. The molecule has 2 amide bonds. The van der Waals surface area contributed by atoms with Crippen LogP contribution in [0.2, 0.25) is 0 Å². The molecule has 1 saturated carbocycles. The summed E-state index contributed by atoms with van der Waals surface area (Å²) in [5.41, 5.74) is 0.713. The molecule has 1 saturated heterocycles. The summed E-state index contributed by atoms with van der Waals surface area (Å²) >= 11 is 0. The first-order valence-corrected chi connectivity index (χ1v) is 7.86. The van der Waals surface area contributed by atoms with Gasteiger partial charge in [0.1, 0.15) is 5.69 Å². The second-order valence-corrected chi connectivity index (χ2v) is 6.10. The summed E-state index contributed by atoms with van der Waals surface area (Å²) in [5, 5.41) is 0. The molecule has 0 spiro atoms. The monoisotopic (exact) mass is 289 g/mol. The van der Waals surface area contributed by atoms with Gasteiger partial charge in [0.2, 0.25) is 5.91 Å². The number of aryl methyl sites for hydroxylation is 1. The summed E-state index contributed by atoms with van der Waals surface area (Å²) in [6, 6.07) is 3.73. The smallest absolute Gasteiger partial charge is 0.270 e. The van der Waals surface area contributed by atoms with E-state index in [1.807, 2.05) is 39.7 Å². The average Bonchev–Trinajstić information content (AvgIpc) is 3.17. The predicted octanol–water partition coefficient (Wildman–Crippen LogP) is 1.50. The van der Waals surface area contributed by atoms with Crippen LogP contribution in [0, 0.1) is 5.92 Å². The van der Waals surface area contributed by atoms with Gasteiger partial charge in [-0.15, -0.1) is 0 Å². The van der Waals surface area contributed by atoms with E-state index in [9.17, 15) is 9.59 Å². The highest BCUT2D eigenvalue weighted by Crippen LogP contribution is 2.27. The average molecular weight is 289 g/mol. The molecule has 21 heavy (non-hydrogen) atoms. The highest BCUT2D eigenvalue weighted by atomic mass is 16.2. The molecule has 2 aliphatic rings. The van der Waals surface area contributed by atoms with Gasteiger partial charge in [0, 0.05) is 45.3 Å². The highest BCUT2D eigenvalue weighted by molar-refractivity contribution is 5.93. The molecule has 5 nitrogen and oxygen atoms in total. The van der Waals surface area contributed by atoms with Crippen LogP contribution in [-0.4, -0.2) is 52.4 Å². The number of amides is 2. The molecule has 2 fully saturated rings. The molecule has 1 aliphatic carbocycles. The Morgan fingerprint density at radius 2 is 1.67 bits per heavy atom. The van der Waals surface area contributed by atoms with Gasteiger partial charge in [0.25, 0.3) is 5.91 Å². The first-order valence-electron chi connectivity index (χ1n) is 7.86. The number of rotatable bonds is 2. The van der Waals surface area contributed by atoms with Gasteiger partial charge in [-0.25, -0.2) is 0 Å². The van der Waals surface area contributed by atoms with E-state index >= 15 is 0 Å². The topological polar surface area (TPSA) is 45.6 Å². The molecule has 0 N–H and O–H groups in total. The summed E-state index contributed by atoms with van der Waals surface area (Å²) in [7, 11) is 1.88. The van der Waals surface area contributed by atoms with Gasteiger partial charge >= 0.3 is 0 Å². The summed E-state index contributed by atoms with van der Waals surface area (Å²) < 4.78 is 1.85. The molecule has 0 bridgehead atoms. The first-order chi connectivity index (χ1) is 10.2. The van der Waals surface area contributed by atoms with Crippen molar-refractivity contribution in [3.8, 4) is 0 Å². The molecule has 0 radical (unpaired) electrons. The minimum absolute atomic E-state index is 0.0652. The van der Waals surface area contributed by atoms with Crippen molar-refractivity contribution in [1.82, 2.24) is 14.4 Å². The van der Waals surface area contributed by atoms with Gasteiger partial charge in [-0.3, -0.25) is 9.59 Å². The van der Waals surface area contributed by atoms with Crippen molar-refractivity contribution < 1.29 is 9.59 Å². The van der Waals surface area contributed by atoms with Crippen molar-refractivity contribution in [1.29, 1.82) is 0 Å². The normalized spacial score (nSPS) is 20.0. The van der Waals surface area contributed by atoms with Gasteiger partial charge in [-0.2, -0.15) is 0 Å². The van der Waals surface area contributed by atoms with Crippen LogP contribution in [0.3, 0.4) is 0 Å². The Hall–Kier alpha value is -1.78. The van der Waals surface area contributed by atoms with Crippen molar-refractivity contribution in [3.63, 3.8) is 0 Å². The molecule has 2 heterocycles. The molecular weight excluding hydrogens is 266 g/mol.